The van der Waals surface area contributed by atoms with Gasteiger partial charge in [-0.1, -0.05) is 78.9 Å². The third-order valence-corrected chi connectivity index (χ3v) is 4.35. The highest BCUT2D eigenvalue weighted by Crippen LogP contribution is 2.40. The topological polar surface area (TPSA) is 58.6 Å². The fourth-order valence-corrected chi connectivity index (χ4v) is 2.96. The predicted molar refractivity (Wildman–Crippen MR) is 103 cm³/mol. The minimum atomic E-state index is -1.35. The lowest BCUT2D eigenvalue weighted by molar-refractivity contribution is 0.126. The number of amidine groups is 1. The van der Waals surface area contributed by atoms with Crippen molar-refractivity contribution in [1.29, 1.82) is 0 Å². The molecule has 0 aliphatic heterocycles. The average molecular weight is 351 g/mol. The highest BCUT2D eigenvalue weighted by Gasteiger charge is 2.35. The van der Waals surface area contributed by atoms with E-state index in [0.717, 1.165) is 11.1 Å². The molecule has 0 unspecified atom stereocenters. The van der Waals surface area contributed by atoms with E-state index in [9.17, 15) is 5.11 Å². The Bertz CT molecular complexity index is 824. The fraction of sp³-hybridized carbons (Fsp3) is 0.0952. The summed E-state index contributed by atoms with van der Waals surface area (Å²) >= 11 is 5.78. The van der Waals surface area contributed by atoms with Crippen molar-refractivity contribution < 1.29 is 5.11 Å². The summed E-state index contributed by atoms with van der Waals surface area (Å²) in [5.41, 5.74) is 7.24. The molecule has 4 heteroatoms. The van der Waals surface area contributed by atoms with Crippen LogP contribution in [0.25, 0.3) is 0 Å². The van der Waals surface area contributed by atoms with Crippen molar-refractivity contribution in [3.8, 4) is 0 Å². The van der Waals surface area contributed by atoms with E-state index in [1.165, 1.54) is 0 Å². The average Bonchev–Trinajstić information content (AvgIpc) is 2.69. The van der Waals surface area contributed by atoms with Crippen LogP contribution in [0.5, 0.6) is 0 Å². The van der Waals surface area contributed by atoms with Gasteiger partial charge in [0.05, 0.1) is 11.6 Å². The van der Waals surface area contributed by atoms with E-state index >= 15 is 0 Å². The summed E-state index contributed by atoms with van der Waals surface area (Å²) in [6.45, 7) is 0. The summed E-state index contributed by atoms with van der Waals surface area (Å²) in [5, 5.41) is 11.8. The number of rotatable bonds is 5. The minimum Gasteiger partial charge on any atom is -0.386 e. The summed E-state index contributed by atoms with van der Waals surface area (Å²) in [5.74, 6) is 0.432. The molecule has 3 nitrogen and oxygen atoms in total. The third-order valence-electron chi connectivity index (χ3n) is 4.08. The van der Waals surface area contributed by atoms with Crippen LogP contribution in [-0.2, 0) is 5.60 Å². The molecular weight excluding hydrogens is 332 g/mol. The van der Waals surface area contributed by atoms with Crippen molar-refractivity contribution in [3.05, 3.63) is 102 Å². The molecule has 0 amide bonds. The quantitative estimate of drug-likeness (QED) is 0.313. The first kappa shape index (κ1) is 17.2. The lowest BCUT2D eigenvalue weighted by Crippen LogP contribution is -2.29. The van der Waals surface area contributed by atoms with E-state index in [1.807, 2.05) is 84.9 Å². The molecule has 0 radical (unpaired) electrons. The molecule has 0 atom stereocenters. The van der Waals surface area contributed by atoms with Crippen molar-refractivity contribution in [2.24, 2.45) is 10.7 Å². The molecule has 0 bridgehead atoms. The molecule has 3 N–H and O–H groups in total. The summed E-state index contributed by atoms with van der Waals surface area (Å²) in [7, 11) is 0. The number of nitrogens with zero attached hydrogens (tertiary/aromatic N) is 1. The molecule has 25 heavy (non-hydrogen) atoms. The number of hydrogen-bond donors (Lipinski definition) is 2. The van der Waals surface area contributed by atoms with Gasteiger partial charge in [-0.3, -0.25) is 0 Å². The smallest absolute Gasteiger partial charge is 0.142 e. The first-order chi connectivity index (χ1) is 12.2. The van der Waals surface area contributed by atoms with Crippen LogP contribution in [-0.4, -0.2) is 16.8 Å². The normalized spacial score (nSPS) is 12.2. The van der Waals surface area contributed by atoms with E-state index in [2.05, 4.69) is 4.99 Å². The van der Waals surface area contributed by atoms with Gasteiger partial charge in [0.2, 0.25) is 0 Å². The van der Waals surface area contributed by atoms with Gasteiger partial charge in [0.25, 0.3) is 0 Å². The molecule has 0 saturated carbocycles. The number of benzene rings is 3. The molecule has 3 aromatic rings. The summed E-state index contributed by atoms with van der Waals surface area (Å²) in [6, 6.07) is 26.5. The number of alkyl halides is 1. The lowest BCUT2D eigenvalue weighted by atomic mass is 9.79. The van der Waals surface area contributed by atoms with Gasteiger partial charge in [0.1, 0.15) is 11.4 Å². The Kier molecular flexibility index (Phi) is 5.17. The van der Waals surface area contributed by atoms with Crippen LogP contribution in [0.4, 0.5) is 5.69 Å². The number of nitrogens with two attached hydrogens (primary N) is 1. The van der Waals surface area contributed by atoms with Crippen LogP contribution in [0.3, 0.4) is 0 Å². The number of para-hydroxylation sites is 1. The van der Waals surface area contributed by atoms with Gasteiger partial charge in [0.15, 0.2) is 0 Å². The number of aliphatic imine (C=N–C) groups is 1. The van der Waals surface area contributed by atoms with Crippen molar-refractivity contribution in [2.75, 3.05) is 5.88 Å². The van der Waals surface area contributed by atoms with Crippen LogP contribution in [0, 0.1) is 0 Å². The van der Waals surface area contributed by atoms with E-state index in [4.69, 9.17) is 17.3 Å². The first-order valence-corrected chi connectivity index (χ1v) is 8.51. The summed E-state index contributed by atoms with van der Waals surface area (Å²) < 4.78 is 0. The van der Waals surface area contributed by atoms with Crippen molar-refractivity contribution in [3.63, 3.8) is 0 Å². The lowest BCUT2D eigenvalue weighted by Gasteiger charge is -2.31. The second kappa shape index (κ2) is 7.51. The van der Waals surface area contributed by atoms with Gasteiger partial charge in [-0.2, -0.15) is 0 Å². The van der Waals surface area contributed by atoms with Gasteiger partial charge in [-0.05, 0) is 17.2 Å². The van der Waals surface area contributed by atoms with Crippen LogP contribution in [0.15, 0.2) is 89.9 Å². The van der Waals surface area contributed by atoms with Crippen molar-refractivity contribution in [2.45, 2.75) is 5.60 Å². The number of aliphatic hydroxyl groups is 1. The second-order valence-electron chi connectivity index (χ2n) is 5.70. The Hall–Kier alpha value is -2.62. The molecule has 0 aromatic heterocycles. The van der Waals surface area contributed by atoms with Crippen LogP contribution < -0.4 is 5.73 Å². The Morgan fingerprint density at radius 3 is 1.84 bits per heavy atom. The van der Waals surface area contributed by atoms with E-state index in [1.54, 1.807) is 0 Å². The highest BCUT2D eigenvalue weighted by molar-refractivity contribution is 6.28. The Labute approximate surface area is 152 Å². The molecule has 3 rings (SSSR count). The molecule has 3 aromatic carbocycles. The van der Waals surface area contributed by atoms with E-state index < -0.39 is 5.60 Å². The van der Waals surface area contributed by atoms with E-state index in [0.29, 0.717) is 17.1 Å². The van der Waals surface area contributed by atoms with E-state index in [-0.39, 0.29) is 5.88 Å². The van der Waals surface area contributed by atoms with Crippen LogP contribution in [0.1, 0.15) is 16.7 Å². The van der Waals surface area contributed by atoms with Gasteiger partial charge in [0, 0.05) is 5.56 Å². The first-order valence-electron chi connectivity index (χ1n) is 7.98. The maximum absolute atomic E-state index is 11.8. The highest BCUT2D eigenvalue weighted by atomic mass is 35.5. The van der Waals surface area contributed by atoms with Gasteiger partial charge in [-0.15, -0.1) is 11.6 Å². The largest absolute Gasteiger partial charge is 0.386 e. The third kappa shape index (κ3) is 3.43. The Balaban J connectivity index is 2.28. The summed E-state index contributed by atoms with van der Waals surface area (Å²) in [4.78, 5) is 4.40. The zero-order chi connectivity index (χ0) is 17.7. The van der Waals surface area contributed by atoms with Gasteiger partial charge >= 0.3 is 0 Å². The van der Waals surface area contributed by atoms with Gasteiger partial charge < -0.3 is 10.8 Å². The molecular formula is C21H19ClN2O. The Morgan fingerprint density at radius 2 is 1.32 bits per heavy atom. The number of hydrogen-bond acceptors (Lipinski definition) is 2. The molecule has 0 aliphatic carbocycles. The second-order valence-corrected chi connectivity index (χ2v) is 5.96. The molecule has 0 fully saturated rings. The molecule has 0 heterocycles. The molecule has 0 spiro atoms. The molecule has 0 saturated heterocycles. The minimum absolute atomic E-state index is 0.128. The van der Waals surface area contributed by atoms with Crippen LogP contribution in [0.2, 0.25) is 0 Å². The van der Waals surface area contributed by atoms with Gasteiger partial charge in [-0.25, -0.2) is 4.99 Å². The molecule has 0 aliphatic rings. The number of halogens is 1. The fourth-order valence-electron chi connectivity index (χ4n) is 2.90. The summed E-state index contributed by atoms with van der Waals surface area (Å²) in [6.07, 6.45) is 0. The van der Waals surface area contributed by atoms with Crippen LogP contribution >= 0.6 is 11.6 Å². The zero-order valence-electron chi connectivity index (χ0n) is 13.6. The van der Waals surface area contributed by atoms with Crippen molar-refractivity contribution in [1.82, 2.24) is 0 Å². The zero-order valence-corrected chi connectivity index (χ0v) is 14.4. The molecule has 126 valence electrons. The maximum atomic E-state index is 11.8. The SMILES string of the molecule is NC(CCl)=Nc1ccccc1C(O)(c1ccccc1)c1ccccc1. The monoisotopic (exact) mass is 350 g/mol. The maximum Gasteiger partial charge on any atom is 0.142 e. The predicted octanol–water partition coefficient (Wildman–Crippen LogP) is 4.20. The standard InChI is InChI=1S/C21H19ClN2O/c22-15-20(23)24-19-14-8-7-13-18(19)21(25,16-9-3-1-4-10-16)17-11-5-2-6-12-17/h1-14,25H,15H2,(H2,23,24). The Morgan fingerprint density at radius 1 is 0.840 bits per heavy atom. The van der Waals surface area contributed by atoms with Crippen molar-refractivity contribution >= 4 is 23.1 Å².